The van der Waals surface area contributed by atoms with Crippen LogP contribution in [0.15, 0.2) is 48.5 Å². The van der Waals surface area contributed by atoms with Gasteiger partial charge in [0.15, 0.2) is 0 Å². The molecule has 3 nitrogen and oxygen atoms in total. The molecule has 0 fully saturated rings. The quantitative estimate of drug-likeness (QED) is 0.933. The van der Waals surface area contributed by atoms with Crippen molar-refractivity contribution in [2.24, 2.45) is 0 Å². The molecule has 1 heterocycles. The van der Waals surface area contributed by atoms with Crippen LogP contribution in [-0.4, -0.2) is 17.6 Å². The van der Waals surface area contributed by atoms with Gasteiger partial charge < -0.3 is 10.0 Å². The number of carboxylic acid groups (broad SMARTS) is 1. The SMILES string of the molecule is CC(C(=O)O)c1ccc2c(c1)N(Cc1ccccc1)CC2. The Kier molecular flexibility index (Phi) is 3.65. The van der Waals surface area contributed by atoms with Crippen molar-refractivity contribution in [2.45, 2.75) is 25.8 Å². The maximum atomic E-state index is 11.2. The highest BCUT2D eigenvalue weighted by Crippen LogP contribution is 2.32. The molecular formula is C18H19NO2. The molecule has 1 aliphatic rings. The normalized spacial score (nSPS) is 14.8. The van der Waals surface area contributed by atoms with Crippen LogP contribution in [0, 0.1) is 0 Å². The van der Waals surface area contributed by atoms with Gasteiger partial charge in [0.1, 0.15) is 0 Å². The highest BCUT2D eigenvalue weighted by molar-refractivity contribution is 5.76. The number of anilines is 1. The minimum absolute atomic E-state index is 0.463. The first-order valence-electron chi connectivity index (χ1n) is 7.29. The van der Waals surface area contributed by atoms with Gasteiger partial charge in [0.05, 0.1) is 5.92 Å². The van der Waals surface area contributed by atoms with Crippen LogP contribution >= 0.6 is 0 Å². The van der Waals surface area contributed by atoms with Gasteiger partial charge in [-0.3, -0.25) is 4.79 Å². The molecule has 2 aromatic rings. The van der Waals surface area contributed by atoms with Crippen LogP contribution in [0.5, 0.6) is 0 Å². The first kappa shape index (κ1) is 13.7. The van der Waals surface area contributed by atoms with Crippen LogP contribution < -0.4 is 4.90 Å². The van der Waals surface area contributed by atoms with Gasteiger partial charge in [-0.05, 0) is 36.1 Å². The number of aliphatic carboxylic acids is 1. The molecule has 2 aromatic carbocycles. The van der Waals surface area contributed by atoms with Crippen molar-refractivity contribution in [2.75, 3.05) is 11.4 Å². The summed E-state index contributed by atoms with van der Waals surface area (Å²) in [6.45, 7) is 3.61. The fourth-order valence-corrected chi connectivity index (χ4v) is 2.84. The van der Waals surface area contributed by atoms with Crippen LogP contribution in [0.4, 0.5) is 5.69 Å². The zero-order chi connectivity index (χ0) is 14.8. The van der Waals surface area contributed by atoms with Gasteiger partial charge in [0.25, 0.3) is 0 Å². The summed E-state index contributed by atoms with van der Waals surface area (Å²) in [5.74, 6) is -1.24. The van der Waals surface area contributed by atoms with Crippen LogP contribution in [0.1, 0.15) is 29.5 Å². The lowest BCUT2D eigenvalue weighted by Gasteiger charge is -2.20. The van der Waals surface area contributed by atoms with E-state index in [-0.39, 0.29) is 0 Å². The van der Waals surface area contributed by atoms with E-state index >= 15 is 0 Å². The molecule has 1 atom stereocenters. The molecule has 1 N–H and O–H groups in total. The Bertz CT molecular complexity index is 652. The Balaban J connectivity index is 1.86. The zero-order valence-corrected chi connectivity index (χ0v) is 12.1. The third-order valence-corrected chi connectivity index (χ3v) is 4.19. The zero-order valence-electron chi connectivity index (χ0n) is 12.1. The standard InChI is InChI=1S/C18H19NO2/c1-13(18(20)21)16-8-7-15-9-10-19(17(15)11-16)12-14-5-3-2-4-6-14/h2-8,11,13H,9-10,12H2,1H3,(H,20,21). The smallest absolute Gasteiger partial charge is 0.310 e. The molecule has 0 saturated heterocycles. The van der Waals surface area contributed by atoms with Gasteiger partial charge in [-0.25, -0.2) is 0 Å². The van der Waals surface area contributed by atoms with E-state index in [2.05, 4.69) is 35.2 Å². The summed E-state index contributed by atoms with van der Waals surface area (Å²) in [6.07, 6.45) is 1.03. The number of carboxylic acids is 1. The van der Waals surface area contributed by atoms with E-state index < -0.39 is 11.9 Å². The fourth-order valence-electron chi connectivity index (χ4n) is 2.84. The molecule has 0 amide bonds. The largest absolute Gasteiger partial charge is 0.481 e. The molecule has 0 saturated carbocycles. The average Bonchev–Trinajstić information content (AvgIpc) is 2.90. The molecule has 3 heteroatoms. The first-order valence-corrected chi connectivity index (χ1v) is 7.29. The lowest BCUT2D eigenvalue weighted by Crippen LogP contribution is -2.19. The van der Waals surface area contributed by atoms with Gasteiger partial charge in [-0.15, -0.1) is 0 Å². The highest BCUT2D eigenvalue weighted by atomic mass is 16.4. The maximum Gasteiger partial charge on any atom is 0.310 e. The van der Waals surface area contributed by atoms with E-state index in [1.54, 1.807) is 6.92 Å². The Labute approximate surface area is 124 Å². The average molecular weight is 281 g/mol. The monoisotopic (exact) mass is 281 g/mol. The number of nitrogens with zero attached hydrogens (tertiary/aromatic N) is 1. The third-order valence-electron chi connectivity index (χ3n) is 4.19. The van der Waals surface area contributed by atoms with Crippen LogP contribution in [0.25, 0.3) is 0 Å². The first-order chi connectivity index (χ1) is 10.1. The fraction of sp³-hybridized carbons (Fsp3) is 0.278. The van der Waals surface area contributed by atoms with Gasteiger partial charge in [0.2, 0.25) is 0 Å². The number of hydrogen-bond donors (Lipinski definition) is 1. The summed E-state index contributed by atoms with van der Waals surface area (Å²) in [5.41, 5.74) is 4.65. The van der Waals surface area contributed by atoms with E-state index in [0.29, 0.717) is 0 Å². The van der Waals surface area contributed by atoms with Crippen LogP contribution in [0.3, 0.4) is 0 Å². The Hall–Kier alpha value is -2.29. The summed E-state index contributed by atoms with van der Waals surface area (Å²) in [7, 11) is 0. The van der Waals surface area contributed by atoms with E-state index in [9.17, 15) is 9.90 Å². The molecule has 21 heavy (non-hydrogen) atoms. The van der Waals surface area contributed by atoms with Crippen molar-refractivity contribution in [3.05, 3.63) is 65.2 Å². The topological polar surface area (TPSA) is 40.5 Å². The second kappa shape index (κ2) is 5.60. The van der Waals surface area contributed by atoms with Gasteiger partial charge in [0, 0.05) is 18.8 Å². The summed E-state index contributed by atoms with van der Waals surface area (Å²) < 4.78 is 0. The molecule has 0 radical (unpaired) electrons. The molecule has 0 aromatic heterocycles. The summed E-state index contributed by atoms with van der Waals surface area (Å²) in [5, 5.41) is 9.17. The van der Waals surface area contributed by atoms with Crippen molar-refractivity contribution >= 4 is 11.7 Å². The molecule has 0 spiro atoms. The lowest BCUT2D eigenvalue weighted by atomic mass is 9.99. The predicted octanol–water partition coefficient (Wildman–Crippen LogP) is 3.44. The van der Waals surface area contributed by atoms with Crippen molar-refractivity contribution < 1.29 is 9.90 Å². The van der Waals surface area contributed by atoms with E-state index in [0.717, 1.165) is 25.1 Å². The van der Waals surface area contributed by atoms with E-state index in [1.807, 2.05) is 18.2 Å². The van der Waals surface area contributed by atoms with Crippen LogP contribution in [0.2, 0.25) is 0 Å². The molecular weight excluding hydrogens is 262 g/mol. The highest BCUT2D eigenvalue weighted by Gasteiger charge is 2.22. The second-order valence-electron chi connectivity index (χ2n) is 5.61. The van der Waals surface area contributed by atoms with E-state index in [1.165, 1.54) is 16.8 Å². The maximum absolute atomic E-state index is 11.2. The van der Waals surface area contributed by atoms with Crippen molar-refractivity contribution in [1.29, 1.82) is 0 Å². The predicted molar refractivity (Wildman–Crippen MR) is 83.7 cm³/mol. The number of hydrogen-bond acceptors (Lipinski definition) is 2. The molecule has 1 unspecified atom stereocenters. The molecule has 1 aliphatic heterocycles. The molecule has 108 valence electrons. The minimum atomic E-state index is -0.775. The summed E-state index contributed by atoms with van der Waals surface area (Å²) in [6, 6.07) is 16.4. The van der Waals surface area contributed by atoms with Gasteiger partial charge >= 0.3 is 5.97 Å². The number of fused-ring (bicyclic) bond motifs is 1. The Morgan fingerprint density at radius 2 is 2.00 bits per heavy atom. The van der Waals surface area contributed by atoms with Gasteiger partial charge in [-0.1, -0.05) is 42.5 Å². The molecule has 3 rings (SSSR count). The van der Waals surface area contributed by atoms with Crippen molar-refractivity contribution in [1.82, 2.24) is 0 Å². The molecule has 0 bridgehead atoms. The molecule has 0 aliphatic carbocycles. The Morgan fingerprint density at radius 1 is 1.24 bits per heavy atom. The second-order valence-corrected chi connectivity index (χ2v) is 5.61. The van der Waals surface area contributed by atoms with Crippen molar-refractivity contribution in [3.63, 3.8) is 0 Å². The van der Waals surface area contributed by atoms with Crippen LogP contribution in [-0.2, 0) is 17.8 Å². The van der Waals surface area contributed by atoms with E-state index in [4.69, 9.17) is 0 Å². The van der Waals surface area contributed by atoms with Gasteiger partial charge in [-0.2, -0.15) is 0 Å². The number of benzene rings is 2. The summed E-state index contributed by atoms with van der Waals surface area (Å²) >= 11 is 0. The third kappa shape index (κ3) is 2.77. The Morgan fingerprint density at radius 3 is 2.71 bits per heavy atom. The minimum Gasteiger partial charge on any atom is -0.481 e. The number of carbonyl (C=O) groups is 1. The lowest BCUT2D eigenvalue weighted by molar-refractivity contribution is -0.138. The summed E-state index contributed by atoms with van der Waals surface area (Å²) in [4.78, 5) is 13.5. The number of rotatable bonds is 4. The van der Waals surface area contributed by atoms with Crippen molar-refractivity contribution in [3.8, 4) is 0 Å².